The molecule has 1 rings (SSSR count). The van der Waals surface area contributed by atoms with Gasteiger partial charge in [0.15, 0.2) is 0 Å². The van der Waals surface area contributed by atoms with Gasteiger partial charge in [-0.1, -0.05) is 58.9 Å². The fourth-order valence-corrected chi connectivity index (χ4v) is 2.00. The maximum atomic E-state index is 2.60. The van der Waals surface area contributed by atoms with Crippen molar-refractivity contribution in [1.82, 2.24) is 4.90 Å². The van der Waals surface area contributed by atoms with Gasteiger partial charge in [-0.3, -0.25) is 4.90 Å². The third kappa shape index (κ3) is 7.38. The summed E-state index contributed by atoms with van der Waals surface area (Å²) in [5.41, 5.74) is 1.41. The first kappa shape index (κ1) is 18.8. The Morgan fingerprint density at radius 1 is 1.18 bits per heavy atom. The molecule has 0 spiro atoms. The molecular weight excluding hydrogens is 206 g/mol. The van der Waals surface area contributed by atoms with E-state index in [1.807, 2.05) is 13.8 Å². The Morgan fingerprint density at radius 3 is 2.06 bits per heavy atom. The van der Waals surface area contributed by atoms with Crippen LogP contribution in [0.15, 0.2) is 23.8 Å². The van der Waals surface area contributed by atoms with Gasteiger partial charge in [-0.2, -0.15) is 0 Å². The van der Waals surface area contributed by atoms with Gasteiger partial charge in [-0.05, 0) is 39.3 Å². The molecular formula is C16H33N. The largest absolute Gasteiger partial charge is 0.297 e. The Labute approximate surface area is 110 Å². The quantitative estimate of drug-likeness (QED) is 0.649. The third-order valence-electron chi connectivity index (χ3n) is 2.75. The smallest absolute Gasteiger partial charge is 0.0316 e. The van der Waals surface area contributed by atoms with Gasteiger partial charge in [0, 0.05) is 6.04 Å². The fraction of sp³-hybridized carbons (Fsp3) is 0.750. The summed E-state index contributed by atoms with van der Waals surface area (Å²) < 4.78 is 0. The van der Waals surface area contributed by atoms with E-state index in [4.69, 9.17) is 0 Å². The van der Waals surface area contributed by atoms with Crippen LogP contribution in [0, 0.1) is 0 Å². The molecule has 1 atom stereocenters. The van der Waals surface area contributed by atoms with Crippen LogP contribution in [0.5, 0.6) is 0 Å². The molecule has 17 heavy (non-hydrogen) atoms. The second-order valence-corrected chi connectivity index (χ2v) is 4.15. The summed E-state index contributed by atoms with van der Waals surface area (Å²) in [6.07, 6.45) is 10.7. The summed E-state index contributed by atoms with van der Waals surface area (Å²) >= 11 is 0. The molecule has 0 saturated heterocycles. The van der Waals surface area contributed by atoms with Gasteiger partial charge in [0.25, 0.3) is 0 Å². The summed E-state index contributed by atoms with van der Waals surface area (Å²) in [7, 11) is 0. The van der Waals surface area contributed by atoms with Crippen LogP contribution in [0.3, 0.4) is 0 Å². The molecule has 1 heteroatoms. The Bertz CT molecular complexity index is 210. The van der Waals surface area contributed by atoms with Gasteiger partial charge in [0.1, 0.15) is 0 Å². The summed E-state index contributed by atoms with van der Waals surface area (Å²) in [6, 6.07) is 0.651. The summed E-state index contributed by atoms with van der Waals surface area (Å²) in [5, 5.41) is 0. The first-order valence-electron chi connectivity index (χ1n) is 6.87. The lowest BCUT2D eigenvalue weighted by molar-refractivity contribution is 0.229. The average Bonchev–Trinajstić information content (AvgIpc) is 2.32. The van der Waals surface area contributed by atoms with Crippen LogP contribution in [0.2, 0.25) is 0 Å². The Morgan fingerprint density at radius 2 is 1.71 bits per heavy atom. The maximum Gasteiger partial charge on any atom is 0.0316 e. The molecule has 0 amide bonds. The van der Waals surface area contributed by atoms with Crippen LogP contribution >= 0.6 is 0 Å². The zero-order valence-electron chi connectivity index (χ0n) is 11.8. The minimum atomic E-state index is 0. The minimum Gasteiger partial charge on any atom is -0.297 e. The highest BCUT2D eigenvalue weighted by molar-refractivity contribution is 5.23. The van der Waals surface area contributed by atoms with Crippen molar-refractivity contribution in [3.8, 4) is 0 Å². The topological polar surface area (TPSA) is 3.24 Å². The third-order valence-corrected chi connectivity index (χ3v) is 2.75. The molecule has 1 unspecified atom stereocenters. The van der Waals surface area contributed by atoms with Gasteiger partial charge in [0.2, 0.25) is 0 Å². The molecule has 0 aromatic carbocycles. The predicted molar refractivity (Wildman–Crippen MR) is 81.5 cm³/mol. The average molecular weight is 239 g/mol. The van der Waals surface area contributed by atoms with Gasteiger partial charge < -0.3 is 0 Å². The van der Waals surface area contributed by atoms with E-state index in [2.05, 4.69) is 43.9 Å². The molecule has 1 nitrogen and oxygen atoms in total. The van der Waals surface area contributed by atoms with E-state index in [-0.39, 0.29) is 7.43 Å². The Hall–Kier alpha value is -0.560. The molecule has 0 fully saturated rings. The number of allylic oxidation sites excluding steroid dienone is 2. The van der Waals surface area contributed by atoms with E-state index in [9.17, 15) is 0 Å². The van der Waals surface area contributed by atoms with Crippen LogP contribution in [0.25, 0.3) is 0 Å². The molecule has 0 aromatic heterocycles. The van der Waals surface area contributed by atoms with E-state index in [0.717, 1.165) is 0 Å². The molecule has 1 aliphatic carbocycles. The summed E-state index contributed by atoms with van der Waals surface area (Å²) in [6.45, 7) is 13.2. The lowest BCUT2D eigenvalue weighted by atomic mass is 10.0. The molecule has 0 N–H and O–H groups in total. The van der Waals surface area contributed by atoms with Crippen LogP contribution in [0.1, 0.15) is 61.3 Å². The lowest BCUT2D eigenvalue weighted by Crippen LogP contribution is -2.35. The highest BCUT2D eigenvalue weighted by atomic mass is 15.1. The standard InChI is InChI=1S/C13H23N.C2H6.CH4/c1-4-10-14(11-5-2)13-8-6-12(3)7-9-13;1-2;/h6-8,13H,4-5,9-11H2,1-3H3;1-2H3;1H4. The van der Waals surface area contributed by atoms with E-state index < -0.39 is 0 Å². The number of hydrogen-bond donors (Lipinski definition) is 0. The molecule has 102 valence electrons. The number of hydrogen-bond acceptors (Lipinski definition) is 1. The number of nitrogens with zero attached hydrogens (tertiary/aromatic N) is 1. The van der Waals surface area contributed by atoms with Crippen molar-refractivity contribution in [1.29, 1.82) is 0 Å². The molecule has 1 aliphatic rings. The monoisotopic (exact) mass is 239 g/mol. The van der Waals surface area contributed by atoms with Gasteiger partial charge in [0.05, 0.1) is 0 Å². The molecule has 0 radical (unpaired) electrons. The van der Waals surface area contributed by atoms with Gasteiger partial charge in [-0.25, -0.2) is 0 Å². The van der Waals surface area contributed by atoms with Crippen molar-refractivity contribution >= 4 is 0 Å². The molecule has 0 saturated carbocycles. The first-order valence-corrected chi connectivity index (χ1v) is 6.87. The Kier molecular flexibility index (Phi) is 13.2. The normalized spacial score (nSPS) is 18.0. The summed E-state index contributed by atoms with van der Waals surface area (Å²) in [4.78, 5) is 2.60. The maximum absolute atomic E-state index is 2.60. The van der Waals surface area contributed by atoms with Crippen molar-refractivity contribution in [3.63, 3.8) is 0 Å². The molecule has 0 bridgehead atoms. The van der Waals surface area contributed by atoms with E-state index >= 15 is 0 Å². The van der Waals surface area contributed by atoms with Crippen LogP contribution in [-0.2, 0) is 0 Å². The first-order chi connectivity index (χ1) is 7.77. The van der Waals surface area contributed by atoms with Crippen molar-refractivity contribution in [2.24, 2.45) is 0 Å². The second-order valence-electron chi connectivity index (χ2n) is 4.15. The van der Waals surface area contributed by atoms with Crippen LogP contribution in [0.4, 0.5) is 0 Å². The highest BCUT2D eigenvalue weighted by Gasteiger charge is 2.14. The fourth-order valence-electron chi connectivity index (χ4n) is 2.00. The highest BCUT2D eigenvalue weighted by Crippen LogP contribution is 2.16. The van der Waals surface area contributed by atoms with Gasteiger partial charge in [-0.15, -0.1) is 0 Å². The SMILES string of the molecule is C.CC.CCCN(CCC)C1C=CC(C)=CC1. The van der Waals surface area contributed by atoms with Crippen LogP contribution in [-0.4, -0.2) is 24.0 Å². The zero-order valence-corrected chi connectivity index (χ0v) is 11.8. The molecule has 0 heterocycles. The van der Waals surface area contributed by atoms with Crippen LogP contribution < -0.4 is 0 Å². The zero-order chi connectivity index (χ0) is 12.4. The van der Waals surface area contributed by atoms with Crippen molar-refractivity contribution in [2.75, 3.05) is 13.1 Å². The molecule has 0 aromatic rings. The number of rotatable bonds is 5. The van der Waals surface area contributed by atoms with Crippen molar-refractivity contribution in [2.45, 2.75) is 67.3 Å². The molecule has 0 aliphatic heterocycles. The van der Waals surface area contributed by atoms with E-state index in [1.54, 1.807) is 0 Å². The summed E-state index contributed by atoms with van der Waals surface area (Å²) in [5.74, 6) is 0. The predicted octanol–water partition coefficient (Wildman–Crippen LogP) is 5.05. The lowest BCUT2D eigenvalue weighted by Gasteiger charge is -2.30. The Balaban J connectivity index is 0. The van der Waals surface area contributed by atoms with Crippen molar-refractivity contribution < 1.29 is 0 Å². The van der Waals surface area contributed by atoms with Gasteiger partial charge >= 0.3 is 0 Å². The van der Waals surface area contributed by atoms with E-state index in [0.29, 0.717) is 6.04 Å². The van der Waals surface area contributed by atoms with Crippen molar-refractivity contribution in [3.05, 3.63) is 23.8 Å². The second kappa shape index (κ2) is 11.9. The van der Waals surface area contributed by atoms with E-state index in [1.165, 1.54) is 37.9 Å². The minimum absolute atomic E-state index is 0.